The first-order valence-corrected chi connectivity index (χ1v) is 6.13. The number of ether oxygens (including phenoxy) is 1. The van der Waals surface area contributed by atoms with E-state index in [0.717, 1.165) is 5.56 Å². The molecular weight excluding hydrogens is 270 g/mol. The van der Waals surface area contributed by atoms with E-state index in [1.807, 2.05) is 0 Å². The van der Waals surface area contributed by atoms with Crippen molar-refractivity contribution in [2.45, 2.75) is 6.23 Å². The summed E-state index contributed by atoms with van der Waals surface area (Å²) in [7, 11) is 0. The van der Waals surface area contributed by atoms with Gasteiger partial charge in [-0.15, -0.1) is 0 Å². The van der Waals surface area contributed by atoms with Gasteiger partial charge in [-0.3, -0.25) is 0 Å². The molecule has 0 aliphatic carbocycles. The van der Waals surface area contributed by atoms with Crippen LogP contribution in [0.2, 0.25) is 5.02 Å². The minimum Gasteiger partial charge on any atom is -0.465 e. The Morgan fingerprint density at radius 3 is 2.79 bits per heavy atom. The number of halogens is 1. The van der Waals surface area contributed by atoms with E-state index in [4.69, 9.17) is 27.2 Å². The molecule has 1 aromatic carbocycles. The Balaban J connectivity index is 2.07. The molecule has 1 unspecified atom stereocenters. The van der Waals surface area contributed by atoms with Crippen LogP contribution in [-0.2, 0) is 4.74 Å². The number of amides is 1. The molecule has 19 heavy (non-hydrogen) atoms. The molecule has 102 valence electrons. The summed E-state index contributed by atoms with van der Waals surface area (Å²) >= 11 is 5.78. The second kappa shape index (κ2) is 5.90. The van der Waals surface area contributed by atoms with Gasteiger partial charge in [0.05, 0.1) is 13.2 Å². The molecule has 0 aromatic heterocycles. The van der Waals surface area contributed by atoms with E-state index in [-0.39, 0.29) is 6.54 Å². The molecule has 1 heterocycles. The van der Waals surface area contributed by atoms with Crippen molar-refractivity contribution in [2.24, 2.45) is 10.7 Å². The van der Waals surface area contributed by atoms with E-state index < -0.39 is 12.3 Å². The van der Waals surface area contributed by atoms with Gasteiger partial charge in [0.1, 0.15) is 5.84 Å². The van der Waals surface area contributed by atoms with Crippen LogP contribution in [0.5, 0.6) is 0 Å². The van der Waals surface area contributed by atoms with Crippen LogP contribution in [0.1, 0.15) is 5.56 Å². The quantitative estimate of drug-likeness (QED) is 0.634. The maximum Gasteiger partial charge on any atom is 0.407 e. The maximum absolute atomic E-state index is 10.9. The average Bonchev–Trinajstić information content (AvgIpc) is 2.39. The molecule has 1 fully saturated rings. The van der Waals surface area contributed by atoms with E-state index in [2.05, 4.69) is 4.99 Å². The average molecular weight is 284 g/mol. The zero-order chi connectivity index (χ0) is 13.8. The molecule has 1 saturated heterocycles. The number of nitrogens with zero attached hydrogens (tertiary/aromatic N) is 2. The fourth-order valence-electron chi connectivity index (χ4n) is 1.73. The Bertz CT molecular complexity index is 489. The number of benzene rings is 1. The Morgan fingerprint density at radius 1 is 1.47 bits per heavy atom. The highest BCUT2D eigenvalue weighted by Crippen LogP contribution is 2.11. The number of carboxylic acid groups (broad SMARTS) is 1. The third kappa shape index (κ3) is 3.59. The summed E-state index contributed by atoms with van der Waals surface area (Å²) < 4.78 is 5.38. The van der Waals surface area contributed by atoms with Gasteiger partial charge < -0.3 is 20.5 Å². The second-order valence-corrected chi connectivity index (χ2v) is 4.51. The second-order valence-electron chi connectivity index (χ2n) is 4.08. The molecule has 1 aliphatic rings. The molecule has 0 saturated carbocycles. The number of hydrogen-bond donors (Lipinski definition) is 2. The SMILES string of the molecule is N/C(=N\C1CN(C(=O)O)CCO1)c1ccc(Cl)cc1. The van der Waals surface area contributed by atoms with Crippen molar-refractivity contribution in [3.8, 4) is 0 Å². The van der Waals surface area contributed by atoms with Crippen molar-refractivity contribution >= 4 is 23.5 Å². The molecule has 1 aliphatic heterocycles. The van der Waals surface area contributed by atoms with E-state index in [1.165, 1.54) is 4.90 Å². The highest BCUT2D eigenvalue weighted by molar-refractivity contribution is 6.30. The van der Waals surface area contributed by atoms with Crippen LogP contribution in [0.3, 0.4) is 0 Å². The maximum atomic E-state index is 10.9. The van der Waals surface area contributed by atoms with Crippen molar-refractivity contribution in [1.29, 1.82) is 0 Å². The summed E-state index contributed by atoms with van der Waals surface area (Å²) in [6.07, 6.45) is -1.55. The first kappa shape index (κ1) is 13.6. The minimum absolute atomic E-state index is 0.184. The van der Waals surface area contributed by atoms with Gasteiger partial charge in [-0.1, -0.05) is 11.6 Å². The van der Waals surface area contributed by atoms with Gasteiger partial charge >= 0.3 is 6.09 Å². The van der Waals surface area contributed by atoms with Gasteiger partial charge in [0.25, 0.3) is 0 Å². The molecule has 1 atom stereocenters. The van der Waals surface area contributed by atoms with Crippen LogP contribution in [0, 0.1) is 0 Å². The predicted octanol–water partition coefficient (Wildman–Crippen LogP) is 1.38. The van der Waals surface area contributed by atoms with Crippen molar-refractivity contribution in [3.63, 3.8) is 0 Å². The third-order valence-electron chi connectivity index (χ3n) is 2.74. The van der Waals surface area contributed by atoms with Crippen LogP contribution >= 0.6 is 11.6 Å². The lowest BCUT2D eigenvalue weighted by Crippen LogP contribution is -2.44. The molecule has 7 heteroatoms. The molecular formula is C12H14ClN3O3. The van der Waals surface area contributed by atoms with Gasteiger partial charge in [0.2, 0.25) is 0 Å². The van der Waals surface area contributed by atoms with Gasteiger partial charge in [-0.2, -0.15) is 0 Å². The Kier molecular flexibility index (Phi) is 4.24. The number of carbonyl (C=O) groups is 1. The molecule has 6 nitrogen and oxygen atoms in total. The number of aliphatic imine (C=N–C) groups is 1. The van der Waals surface area contributed by atoms with Crippen molar-refractivity contribution in [2.75, 3.05) is 19.7 Å². The minimum atomic E-state index is -0.978. The lowest BCUT2D eigenvalue weighted by Gasteiger charge is -2.28. The number of nitrogens with two attached hydrogens (primary N) is 1. The summed E-state index contributed by atoms with van der Waals surface area (Å²) in [5.41, 5.74) is 6.58. The Labute approximate surface area is 115 Å². The predicted molar refractivity (Wildman–Crippen MR) is 71.5 cm³/mol. The number of rotatable bonds is 2. The van der Waals surface area contributed by atoms with E-state index in [1.54, 1.807) is 24.3 Å². The first-order valence-electron chi connectivity index (χ1n) is 5.75. The summed E-state index contributed by atoms with van der Waals surface area (Å²) in [5, 5.41) is 9.53. The van der Waals surface area contributed by atoms with Gasteiger partial charge in [-0.05, 0) is 24.3 Å². The lowest BCUT2D eigenvalue weighted by molar-refractivity contribution is -0.0168. The standard InChI is InChI=1S/C12H14ClN3O3/c13-9-3-1-8(2-4-9)11(14)15-10-7-16(12(17)18)5-6-19-10/h1-4,10H,5-7H2,(H2,14,15)(H,17,18). The van der Waals surface area contributed by atoms with Crippen LogP contribution < -0.4 is 5.73 Å². The zero-order valence-corrected chi connectivity index (χ0v) is 10.9. The highest BCUT2D eigenvalue weighted by Gasteiger charge is 2.23. The van der Waals surface area contributed by atoms with Crippen molar-refractivity contribution in [3.05, 3.63) is 34.9 Å². The summed E-state index contributed by atoms with van der Waals surface area (Å²) in [4.78, 5) is 16.3. The molecule has 3 N–H and O–H groups in total. The van der Waals surface area contributed by atoms with E-state index in [0.29, 0.717) is 24.0 Å². The number of hydrogen-bond acceptors (Lipinski definition) is 3. The largest absolute Gasteiger partial charge is 0.465 e. The van der Waals surface area contributed by atoms with Crippen molar-refractivity contribution in [1.82, 2.24) is 4.90 Å². The van der Waals surface area contributed by atoms with Gasteiger partial charge in [-0.25, -0.2) is 9.79 Å². The summed E-state index contributed by atoms with van der Waals surface area (Å²) in [6.45, 7) is 0.847. The van der Waals surface area contributed by atoms with Gasteiger partial charge in [0.15, 0.2) is 6.23 Å². The number of morpholine rings is 1. The number of amidine groups is 1. The molecule has 2 rings (SSSR count). The highest BCUT2D eigenvalue weighted by atomic mass is 35.5. The molecule has 1 amide bonds. The molecule has 0 bridgehead atoms. The van der Waals surface area contributed by atoms with E-state index >= 15 is 0 Å². The summed E-state index contributed by atoms with van der Waals surface area (Å²) in [5.74, 6) is 0.300. The first-order chi connectivity index (χ1) is 9.06. The van der Waals surface area contributed by atoms with Crippen molar-refractivity contribution < 1.29 is 14.6 Å². The normalized spacial score (nSPS) is 20.4. The van der Waals surface area contributed by atoms with Crippen LogP contribution in [0.25, 0.3) is 0 Å². The summed E-state index contributed by atoms with van der Waals surface area (Å²) in [6, 6.07) is 6.92. The molecule has 0 radical (unpaired) electrons. The van der Waals surface area contributed by atoms with Crippen LogP contribution in [0.15, 0.2) is 29.3 Å². The topological polar surface area (TPSA) is 88.2 Å². The van der Waals surface area contributed by atoms with Crippen LogP contribution in [0.4, 0.5) is 4.79 Å². The Morgan fingerprint density at radius 2 is 2.16 bits per heavy atom. The van der Waals surface area contributed by atoms with E-state index in [9.17, 15) is 4.79 Å². The smallest absolute Gasteiger partial charge is 0.407 e. The van der Waals surface area contributed by atoms with Crippen LogP contribution in [-0.4, -0.2) is 47.9 Å². The fraction of sp³-hybridized carbons (Fsp3) is 0.333. The molecule has 1 aromatic rings. The zero-order valence-electron chi connectivity index (χ0n) is 10.1. The van der Waals surface area contributed by atoms with Gasteiger partial charge in [0, 0.05) is 17.1 Å². The third-order valence-corrected chi connectivity index (χ3v) is 2.99. The lowest BCUT2D eigenvalue weighted by atomic mass is 10.2. The Hall–Kier alpha value is -1.79. The monoisotopic (exact) mass is 283 g/mol. The molecule has 0 spiro atoms. The fourth-order valence-corrected chi connectivity index (χ4v) is 1.86.